The zero-order valence-corrected chi connectivity index (χ0v) is 13.5. The Morgan fingerprint density at radius 1 is 0.957 bits per heavy atom. The summed E-state index contributed by atoms with van der Waals surface area (Å²) in [5.41, 5.74) is 0.763. The Labute approximate surface area is 136 Å². The molecule has 0 bridgehead atoms. The molecule has 2 aromatic rings. The van der Waals surface area contributed by atoms with Crippen molar-refractivity contribution in [3.8, 4) is 0 Å². The quantitative estimate of drug-likeness (QED) is 0.929. The van der Waals surface area contributed by atoms with Gasteiger partial charge in [-0.25, -0.2) is 12.8 Å². The number of sulfonamides is 1. The molecule has 1 fully saturated rings. The standard InChI is InChI=1S/C17H19FN2O2S/c18-16-13-14(9-10-17(16)20-11-5-2-6-12-20)19-23(21,22)15-7-3-1-4-8-15/h1,3-4,7-10,13,19H,2,5-6,11-12H2. The lowest BCUT2D eigenvalue weighted by molar-refractivity contribution is 0.557. The summed E-state index contributed by atoms with van der Waals surface area (Å²) in [5.74, 6) is -0.403. The van der Waals surface area contributed by atoms with Crippen molar-refractivity contribution in [2.75, 3.05) is 22.7 Å². The summed E-state index contributed by atoms with van der Waals surface area (Å²) in [5, 5.41) is 0. The molecule has 0 radical (unpaired) electrons. The van der Waals surface area contributed by atoms with Crippen LogP contribution in [0.3, 0.4) is 0 Å². The Balaban J connectivity index is 1.80. The second kappa shape index (κ2) is 6.58. The van der Waals surface area contributed by atoms with Gasteiger partial charge in [-0.2, -0.15) is 0 Å². The van der Waals surface area contributed by atoms with Gasteiger partial charge in [0.15, 0.2) is 0 Å². The van der Waals surface area contributed by atoms with Gasteiger partial charge >= 0.3 is 0 Å². The maximum Gasteiger partial charge on any atom is 0.261 e. The smallest absolute Gasteiger partial charge is 0.261 e. The van der Waals surface area contributed by atoms with E-state index in [0.29, 0.717) is 5.69 Å². The molecule has 1 N–H and O–H groups in total. The first-order valence-electron chi connectivity index (χ1n) is 7.69. The monoisotopic (exact) mass is 334 g/mol. The lowest BCUT2D eigenvalue weighted by atomic mass is 10.1. The Hall–Kier alpha value is -2.08. The molecule has 1 saturated heterocycles. The normalized spacial score (nSPS) is 15.4. The third-order valence-electron chi connectivity index (χ3n) is 3.95. The average molecular weight is 334 g/mol. The van der Waals surface area contributed by atoms with Crippen molar-refractivity contribution in [2.24, 2.45) is 0 Å². The number of nitrogens with one attached hydrogen (secondary N) is 1. The number of benzene rings is 2. The molecule has 1 heterocycles. The number of piperidine rings is 1. The maximum absolute atomic E-state index is 14.3. The fraction of sp³-hybridized carbons (Fsp3) is 0.294. The highest BCUT2D eigenvalue weighted by molar-refractivity contribution is 7.92. The number of hydrogen-bond donors (Lipinski definition) is 1. The van der Waals surface area contributed by atoms with Crippen LogP contribution in [-0.4, -0.2) is 21.5 Å². The number of anilines is 2. The van der Waals surface area contributed by atoms with Crippen LogP contribution < -0.4 is 9.62 Å². The molecule has 0 aromatic heterocycles. The van der Waals surface area contributed by atoms with Gasteiger partial charge < -0.3 is 4.90 Å². The molecule has 3 rings (SSSR count). The fourth-order valence-corrected chi connectivity index (χ4v) is 3.85. The molecule has 1 aliphatic rings. The predicted molar refractivity (Wildman–Crippen MR) is 89.7 cm³/mol. The molecule has 0 unspecified atom stereocenters. The molecular weight excluding hydrogens is 315 g/mol. The SMILES string of the molecule is O=S(=O)(Nc1ccc(N2CCCCC2)c(F)c1)c1ccccc1. The topological polar surface area (TPSA) is 49.4 Å². The minimum Gasteiger partial charge on any atom is -0.369 e. The largest absolute Gasteiger partial charge is 0.369 e. The van der Waals surface area contributed by atoms with Crippen LogP contribution in [-0.2, 0) is 10.0 Å². The van der Waals surface area contributed by atoms with E-state index in [1.165, 1.54) is 24.6 Å². The first-order valence-corrected chi connectivity index (χ1v) is 9.17. The zero-order chi connectivity index (χ0) is 16.3. The van der Waals surface area contributed by atoms with Crippen LogP contribution >= 0.6 is 0 Å². The maximum atomic E-state index is 14.3. The Morgan fingerprint density at radius 3 is 2.30 bits per heavy atom. The molecule has 4 nitrogen and oxygen atoms in total. The Bertz CT molecular complexity index is 772. The van der Waals surface area contributed by atoms with E-state index in [-0.39, 0.29) is 10.6 Å². The molecule has 23 heavy (non-hydrogen) atoms. The summed E-state index contributed by atoms with van der Waals surface area (Å²) < 4.78 is 41.3. The van der Waals surface area contributed by atoms with E-state index in [1.807, 2.05) is 4.90 Å². The van der Waals surface area contributed by atoms with Gasteiger partial charge in [0.05, 0.1) is 16.3 Å². The van der Waals surface area contributed by atoms with Crippen molar-refractivity contribution in [1.29, 1.82) is 0 Å². The summed E-state index contributed by atoms with van der Waals surface area (Å²) in [6, 6.07) is 12.5. The number of hydrogen-bond acceptors (Lipinski definition) is 3. The fourth-order valence-electron chi connectivity index (χ4n) is 2.78. The van der Waals surface area contributed by atoms with E-state index in [9.17, 15) is 12.8 Å². The average Bonchev–Trinajstić information content (AvgIpc) is 2.56. The van der Waals surface area contributed by atoms with Gasteiger partial charge in [0, 0.05) is 19.2 Å². The molecule has 0 aliphatic carbocycles. The van der Waals surface area contributed by atoms with Crippen molar-refractivity contribution in [2.45, 2.75) is 24.2 Å². The van der Waals surface area contributed by atoms with E-state index < -0.39 is 15.8 Å². The lowest BCUT2D eigenvalue weighted by Gasteiger charge is -2.29. The van der Waals surface area contributed by atoms with Gasteiger partial charge in [-0.15, -0.1) is 0 Å². The van der Waals surface area contributed by atoms with Crippen molar-refractivity contribution < 1.29 is 12.8 Å². The summed E-state index contributed by atoms with van der Waals surface area (Å²) >= 11 is 0. The summed E-state index contributed by atoms with van der Waals surface area (Å²) in [6.07, 6.45) is 3.29. The van der Waals surface area contributed by atoms with Crippen LogP contribution in [0.5, 0.6) is 0 Å². The number of halogens is 1. The molecule has 2 aromatic carbocycles. The third kappa shape index (κ3) is 3.64. The van der Waals surface area contributed by atoms with Crippen molar-refractivity contribution in [1.82, 2.24) is 0 Å². The van der Waals surface area contributed by atoms with Gasteiger partial charge in [0.1, 0.15) is 5.82 Å². The minimum absolute atomic E-state index is 0.153. The van der Waals surface area contributed by atoms with Crippen molar-refractivity contribution in [3.05, 3.63) is 54.3 Å². The van der Waals surface area contributed by atoms with Gasteiger partial charge in [0.2, 0.25) is 0 Å². The van der Waals surface area contributed by atoms with Gasteiger partial charge in [-0.1, -0.05) is 18.2 Å². The van der Waals surface area contributed by atoms with Crippen molar-refractivity contribution in [3.63, 3.8) is 0 Å². The van der Waals surface area contributed by atoms with Gasteiger partial charge in [-0.3, -0.25) is 4.72 Å². The van der Waals surface area contributed by atoms with Crippen LogP contribution in [0.1, 0.15) is 19.3 Å². The molecule has 0 spiro atoms. The van der Waals surface area contributed by atoms with Crippen LogP contribution in [0.25, 0.3) is 0 Å². The second-order valence-corrected chi connectivity index (χ2v) is 7.31. The molecule has 1 aliphatic heterocycles. The van der Waals surface area contributed by atoms with Crippen LogP contribution in [0.2, 0.25) is 0 Å². The van der Waals surface area contributed by atoms with Crippen LogP contribution in [0.15, 0.2) is 53.4 Å². The Kier molecular flexibility index (Phi) is 4.52. The van der Waals surface area contributed by atoms with E-state index in [0.717, 1.165) is 25.9 Å². The highest BCUT2D eigenvalue weighted by Gasteiger charge is 2.17. The zero-order valence-electron chi connectivity index (χ0n) is 12.7. The summed E-state index contributed by atoms with van der Waals surface area (Å²) in [4.78, 5) is 2.16. The summed E-state index contributed by atoms with van der Waals surface area (Å²) in [6.45, 7) is 1.68. The molecule has 122 valence electrons. The second-order valence-electron chi connectivity index (χ2n) is 5.63. The number of rotatable bonds is 4. The highest BCUT2D eigenvalue weighted by atomic mass is 32.2. The first kappa shape index (κ1) is 15.8. The molecule has 6 heteroatoms. The lowest BCUT2D eigenvalue weighted by Crippen LogP contribution is -2.30. The molecular formula is C17H19FN2O2S. The van der Waals surface area contributed by atoms with Gasteiger partial charge in [0.25, 0.3) is 10.0 Å². The third-order valence-corrected chi connectivity index (χ3v) is 5.35. The minimum atomic E-state index is -3.70. The Morgan fingerprint density at radius 2 is 1.65 bits per heavy atom. The molecule has 0 atom stereocenters. The van der Waals surface area contributed by atoms with Crippen molar-refractivity contribution >= 4 is 21.4 Å². The highest BCUT2D eigenvalue weighted by Crippen LogP contribution is 2.26. The predicted octanol–water partition coefficient (Wildman–Crippen LogP) is 3.62. The number of nitrogens with zero attached hydrogens (tertiary/aromatic N) is 1. The van der Waals surface area contributed by atoms with Crippen LogP contribution in [0, 0.1) is 5.82 Å². The molecule has 0 saturated carbocycles. The van der Waals surface area contributed by atoms with E-state index in [4.69, 9.17) is 0 Å². The van der Waals surface area contributed by atoms with Gasteiger partial charge in [-0.05, 0) is 43.5 Å². The summed E-state index contributed by atoms with van der Waals surface area (Å²) in [7, 11) is -3.70. The van der Waals surface area contributed by atoms with Crippen LogP contribution in [0.4, 0.5) is 15.8 Å². The van der Waals surface area contributed by atoms with E-state index in [2.05, 4.69) is 4.72 Å². The molecule has 0 amide bonds. The first-order chi connectivity index (χ1) is 11.1. The van der Waals surface area contributed by atoms with E-state index >= 15 is 0 Å². The van der Waals surface area contributed by atoms with E-state index in [1.54, 1.807) is 30.3 Å².